The third kappa shape index (κ3) is 9.49. The standard InChI is InChI=1S/C22H41NO/c1-3-5-6-7-8-9-10-11-12-13-14-15-16-18-21(4-2)23-20-17-19-22(23)24/h4,21H,2-3,5-20H2,1H3. The summed E-state index contributed by atoms with van der Waals surface area (Å²) < 4.78 is 0. The number of nitrogens with zero attached hydrogens (tertiary/aromatic N) is 1. The molecule has 140 valence electrons. The van der Waals surface area contributed by atoms with Crippen LogP contribution in [0.5, 0.6) is 0 Å². The van der Waals surface area contributed by atoms with Crippen LogP contribution in [0.25, 0.3) is 0 Å². The van der Waals surface area contributed by atoms with Crippen LogP contribution in [0.15, 0.2) is 12.7 Å². The zero-order chi connectivity index (χ0) is 17.5. The van der Waals surface area contributed by atoms with Gasteiger partial charge in [0.05, 0.1) is 0 Å². The molecule has 1 atom stereocenters. The molecular weight excluding hydrogens is 294 g/mol. The molecule has 1 amide bonds. The Labute approximate surface area is 151 Å². The molecule has 1 heterocycles. The van der Waals surface area contributed by atoms with Gasteiger partial charge in [-0.1, -0.05) is 96.5 Å². The molecule has 0 aromatic carbocycles. The summed E-state index contributed by atoms with van der Waals surface area (Å²) in [5, 5.41) is 0. The quantitative estimate of drug-likeness (QED) is 0.228. The van der Waals surface area contributed by atoms with Crippen LogP contribution in [0.2, 0.25) is 0 Å². The van der Waals surface area contributed by atoms with E-state index >= 15 is 0 Å². The molecule has 1 unspecified atom stereocenters. The van der Waals surface area contributed by atoms with Gasteiger partial charge in [-0.3, -0.25) is 4.79 Å². The average molecular weight is 336 g/mol. The summed E-state index contributed by atoms with van der Waals surface area (Å²) in [5.41, 5.74) is 0. The molecule has 0 bridgehead atoms. The van der Waals surface area contributed by atoms with Crippen LogP contribution in [0.4, 0.5) is 0 Å². The molecule has 1 aliphatic rings. The lowest BCUT2D eigenvalue weighted by Gasteiger charge is -2.24. The van der Waals surface area contributed by atoms with E-state index in [9.17, 15) is 4.79 Å². The second-order valence-electron chi connectivity index (χ2n) is 7.53. The molecule has 2 heteroatoms. The highest BCUT2D eigenvalue weighted by atomic mass is 16.2. The second kappa shape index (κ2) is 14.5. The smallest absolute Gasteiger partial charge is 0.223 e. The van der Waals surface area contributed by atoms with Crippen molar-refractivity contribution in [2.75, 3.05) is 6.54 Å². The van der Waals surface area contributed by atoms with Crippen molar-refractivity contribution in [1.82, 2.24) is 4.90 Å². The zero-order valence-corrected chi connectivity index (χ0v) is 16.2. The first-order chi connectivity index (χ1) is 11.8. The molecule has 1 rings (SSSR count). The van der Waals surface area contributed by atoms with E-state index in [2.05, 4.69) is 13.5 Å². The van der Waals surface area contributed by atoms with Gasteiger partial charge in [0.15, 0.2) is 0 Å². The van der Waals surface area contributed by atoms with E-state index in [1.54, 1.807) is 0 Å². The Kier molecular flexibility index (Phi) is 12.9. The van der Waals surface area contributed by atoms with E-state index < -0.39 is 0 Å². The van der Waals surface area contributed by atoms with E-state index in [0.717, 1.165) is 25.8 Å². The van der Waals surface area contributed by atoms with Crippen molar-refractivity contribution < 1.29 is 4.79 Å². The lowest BCUT2D eigenvalue weighted by atomic mass is 10.0. The topological polar surface area (TPSA) is 20.3 Å². The van der Waals surface area contributed by atoms with Crippen LogP contribution < -0.4 is 0 Å². The molecule has 0 N–H and O–H groups in total. The van der Waals surface area contributed by atoms with Crippen LogP contribution in [-0.4, -0.2) is 23.4 Å². The van der Waals surface area contributed by atoms with Crippen LogP contribution in [0, 0.1) is 0 Å². The molecule has 0 aromatic rings. The number of carbonyl (C=O) groups is 1. The summed E-state index contributed by atoms with van der Waals surface area (Å²) in [4.78, 5) is 13.8. The minimum atomic E-state index is 0.285. The first kappa shape index (κ1) is 21.3. The summed E-state index contributed by atoms with van der Waals surface area (Å²) in [6, 6.07) is 0.285. The lowest BCUT2D eigenvalue weighted by molar-refractivity contribution is -0.129. The number of rotatable bonds is 16. The van der Waals surface area contributed by atoms with E-state index in [1.807, 2.05) is 11.0 Å². The highest BCUT2D eigenvalue weighted by Gasteiger charge is 2.25. The Balaban J connectivity index is 1.86. The highest BCUT2D eigenvalue weighted by Crippen LogP contribution is 2.19. The van der Waals surface area contributed by atoms with Gasteiger partial charge in [0.25, 0.3) is 0 Å². The maximum atomic E-state index is 11.8. The molecule has 1 fully saturated rings. The fraction of sp³-hybridized carbons (Fsp3) is 0.864. The van der Waals surface area contributed by atoms with Gasteiger partial charge in [0.2, 0.25) is 5.91 Å². The fourth-order valence-corrected chi connectivity index (χ4v) is 3.79. The van der Waals surface area contributed by atoms with Gasteiger partial charge in [0.1, 0.15) is 0 Å². The Morgan fingerprint density at radius 3 is 1.83 bits per heavy atom. The molecule has 1 saturated heterocycles. The number of unbranched alkanes of at least 4 members (excludes halogenated alkanes) is 12. The number of hydrogen-bond donors (Lipinski definition) is 0. The summed E-state index contributed by atoms with van der Waals surface area (Å²) in [5.74, 6) is 0.328. The van der Waals surface area contributed by atoms with Gasteiger partial charge in [-0.15, -0.1) is 6.58 Å². The third-order valence-corrected chi connectivity index (χ3v) is 5.39. The Hall–Kier alpha value is -0.790. The van der Waals surface area contributed by atoms with Crippen molar-refractivity contribution in [3.63, 3.8) is 0 Å². The van der Waals surface area contributed by atoms with E-state index in [4.69, 9.17) is 0 Å². The maximum absolute atomic E-state index is 11.8. The summed E-state index contributed by atoms with van der Waals surface area (Å²) in [6.45, 7) is 7.15. The minimum Gasteiger partial charge on any atom is -0.336 e. The molecule has 0 aliphatic carbocycles. The predicted molar refractivity (Wildman–Crippen MR) is 105 cm³/mol. The molecule has 24 heavy (non-hydrogen) atoms. The van der Waals surface area contributed by atoms with Gasteiger partial charge in [-0.2, -0.15) is 0 Å². The molecule has 0 spiro atoms. The van der Waals surface area contributed by atoms with Gasteiger partial charge in [-0.05, 0) is 12.8 Å². The summed E-state index contributed by atoms with van der Waals surface area (Å²) >= 11 is 0. The van der Waals surface area contributed by atoms with Crippen LogP contribution in [0.1, 0.15) is 110 Å². The van der Waals surface area contributed by atoms with Crippen molar-refractivity contribution in [2.24, 2.45) is 0 Å². The minimum absolute atomic E-state index is 0.285. The van der Waals surface area contributed by atoms with Crippen molar-refractivity contribution >= 4 is 5.91 Å². The second-order valence-corrected chi connectivity index (χ2v) is 7.53. The van der Waals surface area contributed by atoms with E-state index in [1.165, 1.54) is 83.5 Å². The monoisotopic (exact) mass is 335 g/mol. The van der Waals surface area contributed by atoms with Crippen LogP contribution in [0.3, 0.4) is 0 Å². The van der Waals surface area contributed by atoms with E-state index in [-0.39, 0.29) is 6.04 Å². The SMILES string of the molecule is C=CC(CCCCCCCCCCCCCCC)N1CCCC1=O. The maximum Gasteiger partial charge on any atom is 0.223 e. The molecule has 0 radical (unpaired) electrons. The number of amides is 1. The van der Waals surface area contributed by atoms with Gasteiger partial charge < -0.3 is 4.90 Å². The Morgan fingerprint density at radius 2 is 1.42 bits per heavy atom. The van der Waals surface area contributed by atoms with Gasteiger partial charge in [-0.25, -0.2) is 0 Å². The normalized spacial score (nSPS) is 15.9. The van der Waals surface area contributed by atoms with E-state index in [0.29, 0.717) is 5.91 Å². The molecule has 1 aliphatic heterocycles. The van der Waals surface area contributed by atoms with Gasteiger partial charge >= 0.3 is 0 Å². The number of carbonyl (C=O) groups excluding carboxylic acids is 1. The summed E-state index contributed by atoms with van der Waals surface area (Å²) in [7, 11) is 0. The van der Waals surface area contributed by atoms with Crippen molar-refractivity contribution in [2.45, 2.75) is 116 Å². The average Bonchev–Trinajstić information content (AvgIpc) is 3.01. The molecular formula is C22H41NO. The fourth-order valence-electron chi connectivity index (χ4n) is 3.79. The lowest BCUT2D eigenvalue weighted by Crippen LogP contribution is -2.34. The molecule has 2 nitrogen and oxygen atoms in total. The van der Waals surface area contributed by atoms with Crippen molar-refractivity contribution in [1.29, 1.82) is 0 Å². The van der Waals surface area contributed by atoms with Crippen LogP contribution >= 0.6 is 0 Å². The molecule has 0 saturated carbocycles. The van der Waals surface area contributed by atoms with Crippen molar-refractivity contribution in [3.8, 4) is 0 Å². The largest absolute Gasteiger partial charge is 0.336 e. The van der Waals surface area contributed by atoms with Crippen molar-refractivity contribution in [3.05, 3.63) is 12.7 Å². The highest BCUT2D eigenvalue weighted by molar-refractivity contribution is 5.78. The molecule has 0 aromatic heterocycles. The van der Waals surface area contributed by atoms with Crippen LogP contribution in [-0.2, 0) is 4.79 Å². The third-order valence-electron chi connectivity index (χ3n) is 5.39. The first-order valence-corrected chi connectivity index (χ1v) is 10.7. The zero-order valence-electron chi connectivity index (χ0n) is 16.2. The summed E-state index contributed by atoms with van der Waals surface area (Å²) in [6.07, 6.45) is 22.9. The van der Waals surface area contributed by atoms with Gasteiger partial charge in [0, 0.05) is 19.0 Å². The Morgan fingerprint density at radius 1 is 0.917 bits per heavy atom. The first-order valence-electron chi connectivity index (χ1n) is 10.7. The number of hydrogen-bond acceptors (Lipinski definition) is 1. The number of likely N-dealkylation sites (tertiary alicyclic amines) is 1. The predicted octanol–water partition coefficient (Wildman–Crippen LogP) is 6.64. The Bertz CT molecular complexity index is 326.